The molecule has 2 aliphatic rings. The standard InChI is InChI=1S/C26H25F4N3O3/c1-4-13(10-34)15-7-21-24-16(9-33(21)25(35)17(15)11-36-3)23-19(32-26(28,29)30)6-5-14-12(2)18(27)8-20(31-24)22(14)23/h7-8,10,13,19,32H,4-6,9,11H2,1-3H3. The zero-order valence-corrected chi connectivity index (χ0v) is 20.1. The number of aryl methyl sites for hydroxylation is 1. The SMILES string of the molecule is CCC(C=O)c1cc2n(c(=O)c1COC)Cc1c-2nc2cc(F)c(C)c3c2c1C(NC(F)(F)F)CC3. The highest BCUT2D eigenvalue weighted by molar-refractivity contribution is 5.93. The summed E-state index contributed by atoms with van der Waals surface area (Å²) in [5.74, 6) is -1.03. The van der Waals surface area contributed by atoms with Crippen LogP contribution < -0.4 is 10.9 Å². The molecule has 10 heteroatoms. The Kier molecular flexibility index (Phi) is 5.99. The molecule has 0 spiro atoms. The van der Waals surface area contributed by atoms with Gasteiger partial charge in [-0.15, -0.1) is 0 Å². The maximum Gasteiger partial charge on any atom is 0.457 e. The van der Waals surface area contributed by atoms with Crippen LogP contribution in [0, 0.1) is 12.7 Å². The van der Waals surface area contributed by atoms with Gasteiger partial charge in [-0.05, 0) is 54.5 Å². The first-order valence-electron chi connectivity index (χ1n) is 11.8. The van der Waals surface area contributed by atoms with E-state index < -0.39 is 24.1 Å². The quantitative estimate of drug-likeness (QED) is 0.232. The van der Waals surface area contributed by atoms with Gasteiger partial charge in [0.05, 0.1) is 30.1 Å². The van der Waals surface area contributed by atoms with Gasteiger partial charge in [-0.25, -0.2) is 14.7 Å². The molecule has 2 unspecified atom stereocenters. The number of rotatable bonds is 6. The highest BCUT2D eigenvalue weighted by Gasteiger charge is 2.39. The van der Waals surface area contributed by atoms with Gasteiger partial charge in [0.2, 0.25) is 0 Å². The fourth-order valence-electron chi connectivity index (χ4n) is 5.71. The van der Waals surface area contributed by atoms with Crippen molar-refractivity contribution in [3.63, 3.8) is 0 Å². The van der Waals surface area contributed by atoms with Crippen LogP contribution in [0.25, 0.3) is 22.3 Å². The largest absolute Gasteiger partial charge is 0.457 e. The molecule has 190 valence electrons. The Morgan fingerprint density at radius 2 is 2.06 bits per heavy atom. The molecule has 2 atom stereocenters. The summed E-state index contributed by atoms with van der Waals surface area (Å²) in [6, 6.07) is 1.88. The van der Waals surface area contributed by atoms with Gasteiger partial charge < -0.3 is 14.1 Å². The monoisotopic (exact) mass is 503 g/mol. The Balaban J connectivity index is 1.84. The third kappa shape index (κ3) is 3.74. The predicted molar refractivity (Wildman–Crippen MR) is 125 cm³/mol. The molecule has 2 aromatic heterocycles. The number of hydrogen-bond donors (Lipinski definition) is 1. The van der Waals surface area contributed by atoms with Gasteiger partial charge in [0, 0.05) is 41.6 Å². The number of pyridine rings is 2. The minimum absolute atomic E-state index is 0.00972. The zero-order valence-electron chi connectivity index (χ0n) is 20.1. The Hall–Kier alpha value is -3.11. The van der Waals surface area contributed by atoms with E-state index in [-0.39, 0.29) is 37.1 Å². The van der Waals surface area contributed by atoms with E-state index in [1.54, 1.807) is 18.3 Å². The molecule has 3 aromatic rings. The summed E-state index contributed by atoms with van der Waals surface area (Å²) in [5.41, 5.74) is 3.40. The summed E-state index contributed by atoms with van der Waals surface area (Å²) in [7, 11) is 1.45. The first kappa shape index (κ1) is 24.6. The zero-order chi connectivity index (χ0) is 25.9. The van der Waals surface area contributed by atoms with Crippen molar-refractivity contribution in [3.05, 3.63) is 61.7 Å². The maximum atomic E-state index is 14.8. The molecule has 0 saturated heterocycles. The fraction of sp³-hybridized carbons (Fsp3) is 0.423. The van der Waals surface area contributed by atoms with Crippen LogP contribution in [-0.4, -0.2) is 29.2 Å². The minimum Gasteiger partial charge on any atom is -0.380 e. The van der Waals surface area contributed by atoms with Crippen molar-refractivity contribution in [2.75, 3.05) is 7.11 Å². The van der Waals surface area contributed by atoms with Crippen LogP contribution in [0.1, 0.15) is 65.1 Å². The van der Waals surface area contributed by atoms with Crippen LogP contribution >= 0.6 is 0 Å². The lowest BCUT2D eigenvalue weighted by atomic mass is 9.81. The molecular weight excluding hydrogens is 478 g/mol. The number of aromatic nitrogens is 2. The fourth-order valence-corrected chi connectivity index (χ4v) is 5.71. The van der Waals surface area contributed by atoms with Crippen LogP contribution in [0.4, 0.5) is 17.6 Å². The number of carbonyl (C=O) groups is 1. The van der Waals surface area contributed by atoms with Crippen molar-refractivity contribution in [2.24, 2.45) is 0 Å². The third-order valence-electron chi connectivity index (χ3n) is 7.40. The van der Waals surface area contributed by atoms with Crippen molar-refractivity contribution >= 4 is 17.2 Å². The summed E-state index contributed by atoms with van der Waals surface area (Å²) in [4.78, 5) is 30.0. The summed E-state index contributed by atoms with van der Waals surface area (Å²) in [6.07, 6.45) is -3.01. The number of hydrogen-bond acceptors (Lipinski definition) is 5. The normalized spacial score (nSPS) is 17.2. The van der Waals surface area contributed by atoms with Gasteiger partial charge in [-0.2, -0.15) is 13.2 Å². The lowest BCUT2D eigenvalue weighted by Gasteiger charge is -2.30. The van der Waals surface area contributed by atoms with Crippen molar-refractivity contribution in [1.82, 2.24) is 14.9 Å². The molecule has 1 aliphatic carbocycles. The molecule has 0 saturated carbocycles. The Morgan fingerprint density at radius 3 is 2.69 bits per heavy atom. The van der Waals surface area contributed by atoms with E-state index >= 15 is 0 Å². The molecule has 36 heavy (non-hydrogen) atoms. The number of nitrogens with zero attached hydrogens (tertiary/aromatic N) is 2. The number of methoxy groups -OCH3 is 1. The Bertz CT molecular complexity index is 1460. The number of nitrogens with one attached hydrogen (secondary N) is 1. The number of ether oxygens (including phenoxy) is 1. The molecule has 0 amide bonds. The molecule has 5 rings (SSSR count). The van der Waals surface area contributed by atoms with Crippen LogP contribution in [0.15, 0.2) is 16.9 Å². The van der Waals surface area contributed by atoms with Crippen LogP contribution in [0.3, 0.4) is 0 Å². The lowest BCUT2D eigenvalue weighted by molar-refractivity contribution is -0.165. The van der Waals surface area contributed by atoms with E-state index in [0.29, 0.717) is 56.6 Å². The van der Waals surface area contributed by atoms with Gasteiger partial charge in [-0.3, -0.25) is 4.79 Å². The van der Waals surface area contributed by atoms with Gasteiger partial charge in [0.1, 0.15) is 12.1 Å². The first-order valence-corrected chi connectivity index (χ1v) is 11.8. The molecule has 1 aromatic carbocycles. The molecule has 1 N–H and O–H groups in total. The number of benzene rings is 1. The van der Waals surface area contributed by atoms with Gasteiger partial charge in [-0.1, -0.05) is 6.92 Å². The van der Waals surface area contributed by atoms with E-state index in [1.165, 1.54) is 17.7 Å². The van der Waals surface area contributed by atoms with E-state index in [1.807, 2.05) is 6.92 Å². The van der Waals surface area contributed by atoms with E-state index in [2.05, 4.69) is 4.98 Å². The Labute approximate surface area is 204 Å². The second-order valence-corrected chi connectivity index (χ2v) is 9.38. The van der Waals surface area contributed by atoms with Gasteiger partial charge in [0.25, 0.3) is 5.56 Å². The molecular formula is C26H25F4N3O3. The average Bonchev–Trinajstić information content (AvgIpc) is 3.18. The summed E-state index contributed by atoms with van der Waals surface area (Å²) in [5, 5.41) is 2.28. The molecule has 0 bridgehead atoms. The highest BCUT2D eigenvalue weighted by atomic mass is 19.4. The topological polar surface area (TPSA) is 73.2 Å². The second kappa shape index (κ2) is 8.77. The lowest BCUT2D eigenvalue weighted by Crippen LogP contribution is -2.37. The van der Waals surface area contributed by atoms with Crippen LogP contribution in [-0.2, 0) is 29.1 Å². The van der Waals surface area contributed by atoms with Gasteiger partial charge >= 0.3 is 6.30 Å². The predicted octanol–water partition coefficient (Wildman–Crippen LogP) is 4.81. The summed E-state index contributed by atoms with van der Waals surface area (Å²) in [6.45, 7) is 3.46. The number of aldehydes is 1. The number of carbonyl (C=O) groups excluding carboxylic acids is 1. The Morgan fingerprint density at radius 1 is 1.31 bits per heavy atom. The first-order chi connectivity index (χ1) is 17.1. The number of fused-ring (bicyclic) bond motifs is 4. The second-order valence-electron chi connectivity index (χ2n) is 9.38. The van der Waals surface area contributed by atoms with Crippen molar-refractivity contribution < 1.29 is 27.1 Å². The maximum absolute atomic E-state index is 14.8. The smallest absolute Gasteiger partial charge is 0.380 e. The van der Waals surface area contributed by atoms with Crippen LogP contribution in [0.5, 0.6) is 0 Å². The van der Waals surface area contributed by atoms with Gasteiger partial charge in [0.15, 0.2) is 0 Å². The average molecular weight is 503 g/mol. The molecule has 3 heterocycles. The van der Waals surface area contributed by atoms with E-state index in [9.17, 15) is 27.2 Å². The highest BCUT2D eigenvalue weighted by Crippen LogP contribution is 2.45. The van der Waals surface area contributed by atoms with Crippen molar-refractivity contribution in [2.45, 2.75) is 64.5 Å². The molecule has 0 radical (unpaired) electrons. The number of alkyl halides is 3. The van der Waals surface area contributed by atoms with Crippen LogP contribution in [0.2, 0.25) is 0 Å². The van der Waals surface area contributed by atoms with E-state index in [4.69, 9.17) is 4.74 Å². The van der Waals surface area contributed by atoms with Crippen molar-refractivity contribution in [3.8, 4) is 11.4 Å². The molecule has 1 aliphatic heterocycles. The van der Waals surface area contributed by atoms with E-state index in [0.717, 1.165) is 6.29 Å². The summed E-state index contributed by atoms with van der Waals surface area (Å²) < 4.78 is 62.0. The molecule has 0 fully saturated rings. The third-order valence-corrected chi connectivity index (χ3v) is 7.40. The summed E-state index contributed by atoms with van der Waals surface area (Å²) >= 11 is 0. The van der Waals surface area contributed by atoms with Crippen molar-refractivity contribution in [1.29, 1.82) is 0 Å². The number of halogens is 4. The molecule has 6 nitrogen and oxygen atoms in total. The minimum atomic E-state index is -4.63.